The van der Waals surface area contributed by atoms with E-state index in [-0.39, 0.29) is 5.91 Å². The molecule has 0 spiro atoms. The Hall–Kier alpha value is -2.11. The van der Waals surface area contributed by atoms with Crippen LogP contribution in [0.3, 0.4) is 0 Å². The molecule has 0 radical (unpaired) electrons. The zero-order chi connectivity index (χ0) is 14.8. The number of nitrogens with one attached hydrogen (secondary N) is 1. The Morgan fingerprint density at radius 2 is 2.10 bits per heavy atom. The molecule has 4 nitrogen and oxygen atoms in total. The summed E-state index contributed by atoms with van der Waals surface area (Å²) >= 11 is 7.38. The van der Waals surface area contributed by atoms with Crippen LogP contribution in [0.15, 0.2) is 42.5 Å². The fraction of sp³-hybridized carbons (Fsp3) is 0.0667. The summed E-state index contributed by atoms with van der Waals surface area (Å²) in [7, 11) is 0. The smallest absolute Gasteiger partial charge is 0.253 e. The quantitative estimate of drug-likeness (QED) is 0.727. The number of aromatic nitrogens is 1. The van der Waals surface area contributed by atoms with E-state index in [9.17, 15) is 4.79 Å². The van der Waals surface area contributed by atoms with E-state index in [4.69, 9.17) is 17.3 Å². The van der Waals surface area contributed by atoms with Crippen molar-refractivity contribution in [3.05, 3.63) is 58.1 Å². The molecule has 0 aliphatic carbocycles. The molecule has 3 aromatic rings. The monoisotopic (exact) mass is 317 g/mol. The van der Waals surface area contributed by atoms with Crippen molar-refractivity contribution in [1.29, 1.82) is 0 Å². The molecule has 0 atom stereocenters. The SMILES string of the molecule is Nc1cc(Cl)ccc1C(=O)NCc1nc2ccccc2s1. The molecule has 21 heavy (non-hydrogen) atoms. The molecular weight excluding hydrogens is 306 g/mol. The normalized spacial score (nSPS) is 10.7. The molecule has 106 valence electrons. The number of nitrogen functional groups attached to an aromatic ring is 1. The molecule has 0 saturated carbocycles. The number of amides is 1. The molecule has 0 aliphatic heterocycles. The van der Waals surface area contributed by atoms with Gasteiger partial charge in [0, 0.05) is 10.7 Å². The number of rotatable bonds is 3. The van der Waals surface area contributed by atoms with Crippen LogP contribution in [0.4, 0.5) is 5.69 Å². The number of hydrogen-bond donors (Lipinski definition) is 2. The molecular formula is C15H12ClN3OS. The van der Waals surface area contributed by atoms with Crippen LogP contribution in [0.5, 0.6) is 0 Å². The van der Waals surface area contributed by atoms with Crippen molar-refractivity contribution in [3.63, 3.8) is 0 Å². The fourth-order valence-electron chi connectivity index (χ4n) is 1.99. The molecule has 2 aromatic carbocycles. The van der Waals surface area contributed by atoms with Gasteiger partial charge >= 0.3 is 0 Å². The van der Waals surface area contributed by atoms with Gasteiger partial charge in [-0.1, -0.05) is 23.7 Å². The summed E-state index contributed by atoms with van der Waals surface area (Å²) < 4.78 is 1.10. The number of anilines is 1. The van der Waals surface area contributed by atoms with Gasteiger partial charge in [0.2, 0.25) is 0 Å². The lowest BCUT2D eigenvalue weighted by Crippen LogP contribution is -2.23. The summed E-state index contributed by atoms with van der Waals surface area (Å²) in [6.45, 7) is 0.375. The summed E-state index contributed by atoms with van der Waals surface area (Å²) in [6, 6.07) is 12.7. The Kier molecular flexibility index (Phi) is 3.77. The van der Waals surface area contributed by atoms with Gasteiger partial charge < -0.3 is 11.1 Å². The van der Waals surface area contributed by atoms with Crippen LogP contribution >= 0.6 is 22.9 Å². The van der Waals surface area contributed by atoms with Gasteiger partial charge in [0.1, 0.15) is 5.01 Å². The van der Waals surface area contributed by atoms with Crippen LogP contribution in [0.25, 0.3) is 10.2 Å². The first kappa shape index (κ1) is 13.9. The van der Waals surface area contributed by atoms with E-state index in [0.29, 0.717) is 22.8 Å². The average molecular weight is 318 g/mol. The zero-order valence-corrected chi connectivity index (χ0v) is 12.5. The van der Waals surface area contributed by atoms with Gasteiger partial charge in [-0.05, 0) is 30.3 Å². The predicted molar refractivity (Wildman–Crippen MR) is 86.7 cm³/mol. The number of nitrogens with two attached hydrogens (primary N) is 1. The summed E-state index contributed by atoms with van der Waals surface area (Å²) in [5.41, 5.74) is 7.52. The number of hydrogen-bond acceptors (Lipinski definition) is 4. The topological polar surface area (TPSA) is 68.0 Å². The van der Waals surface area contributed by atoms with Crippen molar-refractivity contribution < 1.29 is 4.79 Å². The second-order valence-electron chi connectivity index (χ2n) is 4.49. The van der Waals surface area contributed by atoms with Gasteiger partial charge in [0.05, 0.1) is 22.3 Å². The molecule has 6 heteroatoms. The van der Waals surface area contributed by atoms with Crippen LogP contribution in [-0.4, -0.2) is 10.9 Å². The standard InChI is InChI=1S/C15H12ClN3OS/c16-9-5-6-10(11(17)7-9)15(20)18-8-14-19-12-3-1-2-4-13(12)21-14/h1-7H,8,17H2,(H,18,20). The number of thiazole rings is 1. The minimum atomic E-state index is -0.233. The molecule has 1 heterocycles. The number of nitrogens with zero attached hydrogens (tertiary/aromatic N) is 1. The highest BCUT2D eigenvalue weighted by atomic mass is 35.5. The molecule has 3 N–H and O–H groups in total. The number of fused-ring (bicyclic) bond motifs is 1. The third-order valence-corrected chi connectivity index (χ3v) is 4.27. The van der Waals surface area contributed by atoms with Crippen LogP contribution in [0.1, 0.15) is 15.4 Å². The first-order valence-electron chi connectivity index (χ1n) is 6.31. The lowest BCUT2D eigenvalue weighted by Gasteiger charge is -2.06. The van der Waals surface area contributed by atoms with Crippen molar-refractivity contribution >= 4 is 44.7 Å². The van der Waals surface area contributed by atoms with E-state index in [2.05, 4.69) is 10.3 Å². The van der Waals surface area contributed by atoms with E-state index in [1.165, 1.54) is 0 Å². The van der Waals surface area contributed by atoms with E-state index in [1.807, 2.05) is 24.3 Å². The minimum absolute atomic E-state index is 0.233. The second-order valence-corrected chi connectivity index (χ2v) is 6.04. The summed E-state index contributed by atoms with van der Waals surface area (Å²) in [6.07, 6.45) is 0. The number of para-hydroxylation sites is 1. The zero-order valence-electron chi connectivity index (χ0n) is 11.0. The third kappa shape index (κ3) is 2.99. The van der Waals surface area contributed by atoms with Crippen molar-refractivity contribution in [2.75, 3.05) is 5.73 Å². The molecule has 0 fully saturated rings. The van der Waals surface area contributed by atoms with Crippen LogP contribution in [-0.2, 0) is 6.54 Å². The Bertz CT molecular complexity index is 783. The highest BCUT2D eigenvalue weighted by Gasteiger charge is 2.11. The fourth-order valence-corrected chi connectivity index (χ4v) is 3.07. The Labute approximate surface area is 130 Å². The van der Waals surface area contributed by atoms with E-state index in [1.54, 1.807) is 29.5 Å². The van der Waals surface area contributed by atoms with Crippen molar-refractivity contribution in [2.45, 2.75) is 6.54 Å². The van der Waals surface area contributed by atoms with Gasteiger partial charge in [0.25, 0.3) is 5.91 Å². The first-order valence-corrected chi connectivity index (χ1v) is 7.50. The number of benzene rings is 2. The summed E-state index contributed by atoms with van der Waals surface area (Å²) in [5.74, 6) is -0.233. The van der Waals surface area contributed by atoms with Gasteiger partial charge in [-0.25, -0.2) is 4.98 Å². The Balaban J connectivity index is 1.73. The lowest BCUT2D eigenvalue weighted by atomic mass is 10.1. The molecule has 1 aromatic heterocycles. The van der Waals surface area contributed by atoms with E-state index in [0.717, 1.165) is 15.2 Å². The van der Waals surface area contributed by atoms with Crippen LogP contribution in [0.2, 0.25) is 5.02 Å². The molecule has 3 rings (SSSR count). The molecule has 0 unspecified atom stereocenters. The van der Waals surface area contributed by atoms with Gasteiger partial charge in [0.15, 0.2) is 0 Å². The number of carbonyl (C=O) groups is 1. The maximum absolute atomic E-state index is 12.1. The van der Waals surface area contributed by atoms with Gasteiger partial charge in [-0.15, -0.1) is 11.3 Å². The third-order valence-electron chi connectivity index (χ3n) is 3.00. The number of carbonyl (C=O) groups excluding carboxylic acids is 1. The molecule has 1 amide bonds. The molecule has 0 aliphatic rings. The number of halogens is 1. The van der Waals surface area contributed by atoms with E-state index >= 15 is 0 Å². The van der Waals surface area contributed by atoms with Gasteiger partial charge in [-0.2, -0.15) is 0 Å². The maximum atomic E-state index is 12.1. The van der Waals surface area contributed by atoms with E-state index < -0.39 is 0 Å². The van der Waals surface area contributed by atoms with Crippen LogP contribution in [0, 0.1) is 0 Å². The summed E-state index contributed by atoms with van der Waals surface area (Å²) in [5, 5.41) is 4.19. The molecule has 0 bridgehead atoms. The second kappa shape index (κ2) is 5.71. The Morgan fingerprint density at radius 1 is 1.29 bits per heavy atom. The Morgan fingerprint density at radius 3 is 2.86 bits per heavy atom. The lowest BCUT2D eigenvalue weighted by molar-refractivity contribution is 0.0952. The van der Waals surface area contributed by atoms with Crippen LogP contribution < -0.4 is 11.1 Å². The average Bonchev–Trinajstić information content (AvgIpc) is 2.87. The first-order chi connectivity index (χ1) is 10.1. The highest BCUT2D eigenvalue weighted by Crippen LogP contribution is 2.22. The van der Waals surface area contributed by atoms with Crippen molar-refractivity contribution in [1.82, 2.24) is 10.3 Å². The molecule has 0 saturated heterocycles. The van der Waals surface area contributed by atoms with Crippen molar-refractivity contribution in [2.24, 2.45) is 0 Å². The summed E-state index contributed by atoms with van der Waals surface area (Å²) in [4.78, 5) is 16.6. The maximum Gasteiger partial charge on any atom is 0.253 e. The predicted octanol–water partition coefficient (Wildman–Crippen LogP) is 3.46. The minimum Gasteiger partial charge on any atom is -0.398 e. The van der Waals surface area contributed by atoms with Crippen molar-refractivity contribution in [3.8, 4) is 0 Å². The largest absolute Gasteiger partial charge is 0.398 e. The van der Waals surface area contributed by atoms with Gasteiger partial charge in [-0.3, -0.25) is 4.79 Å². The highest BCUT2D eigenvalue weighted by molar-refractivity contribution is 7.18.